The van der Waals surface area contributed by atoms with Gasteiger partial charge in [-0.2, -0.15) is 0 Å². The lowest BCUT2D eigenvalue weighted by atomic mass is 10.2. The van der Waals surface area contributed by atoms with Gasteiger partial charge >= 0.3 is 0 Å². The van der Waals surface area contributed by atoms with Crippen LogP contribution in [0.5, 0.6) is 0 Å². The average Bonchev–Trinajstić information content (AvgIpc) is 2.45. The molecular formula is C7H12N4OS. The number of thiocarbonyl (C=S) groups is 1. The summed E-state index contributed by atoms with van der Waals surface area (Å²) in [6, 6.07) is 0. The average molecular weight is 200 g/mol. The van der Waals surface area contributed by atoms with Crippen LogP contribution in [0.4, 0.5) is 0 Å². The third-order valence-corrected chi connectivity index (χ3v) is 1.95. The Morgan fingerprint density at radius 3 is 2.85 bits per heavy atom. The van der Waals surface area contributed by atoms with E-state index in [1.54, 1.807) is 4.68 Å². The van der Waals surface area contributed by atoms with Crippen molar-refractivity contribution in [1.82, 2.24) is 20.2 Å². The van der Waals surface area contributed by atoms with Crippen LogP contribution in [0, 0.1) is 0 Å². The molecule has 1 rings (SSSR count). The zero-order valence-corrected chi connectivity index (χ0v) is 8.29. The van der Waals surface area contributed by atoms with Crippen LogP contribution in [0.25, 0.3) is 0 Å². The molecule has 0 unspecified atom stereocenters. The zero-order valence-electron chi connectivity index (χ0n) is 7.47. The molecule has 72 valence electrons. The smallest absolute Gasteiger partial charge is 0.156 e. The van der Waals surface area contributed by atoms with Gasteiger partial charge in [-0.15, -0.1) is 5.10 Å². The molecule has 1 aromatic rings. The molecule has 5 nitrogen and oxygen atoms in total. The van der Waals surface area contributed by atoms with Gasteiger partial charge in [-0.1, -0.05) is 0 Å². The summed E-state index contributed by atoms with van der Waals surface area (Å²) in [5, 5.41) is 19.9. The van der Waals surface area contributed by atoms with Crippen LogP contribution in [0.2, 0.25) is 0 Å². The molecule has 0 aliphatic carbocycles. The number of nitrogens with zero attached hydrogens (tertiary/aromatic N) is 4. The van der Waals surface area contributed by atoms with E-state index in [2.05, 4.69) is 27.7 Å². The van der Waals surface area contributed by atoms with Crippen LogP contribution >= 0.6 is 12.2 Å². The highest BCUT2D eigenvalue weighted by Gasteiger charge is 2.01. The molecule has 1 heterocycles. The SMILES string of the molecule is Cn1nnnc1CCCCC(O)=S. The number of rotatable bonds is 5. The molecule has 0 aliphatic heterocycles. The highest BCUT2D eigenvalue weighted by molar-refractivity contribution is 7.80. The Kier molecular flexibility index (Phi) is 3.75. The number of hydrogen-bond donors (Lipinski definition) is 1. The lowest BCUT2D eigenvalue weighted by molar-refractivity contribution is 0.537. The number of aromatic nitrogens is 4. The first-order valence-corrected chi connectivity index (χ1v) is 4.54. The molecule has 1 aromatic heterocycles. The maximum absolute atomic E-state index is 8.75. The van der Waals surface area contributed by atoms with Gasteiger partial charge in [0.05, 0.1) is 0 Å². The number of tetrazole rings is 1. The van der Waals surface area contributed by atoms with E-state index in [1.807, 2.05) is 7.05 Å². The van der Waals surface area contributed by atoms with Crippen LogP contribution in [0.3, 0.4) is 0 Å². The molecule has 0 aliphatic rings. The van der Waals surface area contributed by atoms with Gasteiger partial charge in [-0.05, 0) is 35.5 Å². The Morgan fingerprint density at radius 1 is 1.54 bits per heavy atom. The van der Waals surface area contributed by atoms with Gasteiger partial charge in [-0.25, -0.2) is 4.68 Å². The van der Waals surface area contributed by atoms with Gasteiger partial charge in [-0.3, -0.25) is 0 Å². The van der Waals surface area contributed by atoms with E-state index in [4.69, 9.17) is 5.11 Å². The van der Waals surface area contributed by atoms with E-state index in [0.717, 1.165) is 25.1 Å². The van der Waals surface area contributed by atoms with E-state index < -0.39 is 0 Å². The second-order valence-electron chi connectivity index (χ2n) is 2.82. The van der Waals surface area contributed by atoms with Gasteiger partial charge < -0.3 is 5.11 Å². The van der Waals surface area contributed by atoms with Crippen molar-refractivity contribution >= 4 is 17.3 Å². The van der Waals surface area contributed by atoms with Crippen molar-refractivity contribution in [3.8, 4) is 0 Å². The minimum Gasteiger partial charge on any atom is -0.502 e. The van der Waals surface area contributed by atoms with E-state index in [0.29, 0.717) is 6.42 Å². The predicted molar refractivity (Wildman–Crippen MR) is 51.6 cm³/mol. The summed E-state index contributed by atoms with van der Waals surface area (Å²) in [5.41, 5.74) is 0. The van der Waals surface area contributed by atoms with Gasteiger partial charge in [0, 0.05) is 19.9 Å². The molecule has 0 saturated heterocycles. The summed E-state index contributed by atoms with van der Waals surface area (Å²) in [6.07, 6.45) is 3.23. The highest BCUT2D eigenvalue weighted by atomic mass is 32.1. The summed E-state index contributed by atoms with van der Waals surface area (Å²) >= 11 is 4.54. The molecule has 0 bridgehead atoms. The predicted octanol–water partition coefficient (Wildman–Crippen LogP) is 0.808. The van der Waals surface area contributed by atoms with E-state index in [9.17, 15) is 0 Å². The summed E-state index contributed by atoms with van der Waals surface area (Å²) in [7, 11) is 1.81. The molecule has 1 N–H and O–H groups in total. The lowest BCUT2D eigenvalue weighted by Gasteiger charge is -1.97. The summed E-state index contributed by atoms with van der Waals surface area (Å²) in [4.78, 5) is 0. The Morgan fingerprint density at radius 2 is 2.31 bits per heavy atom. The van der Waals surface area contributed by atoms with Gasteiger partial charge in [0.15, 0.2) is 10.9 Å². The van der Waals surface area contributed by atoms with E-state index >= 15 is 0 Å². The fraction of sp³-hybridized carbons (Fsp3) is 0.714. The number of unbranched alkanes of at least 4 members (excludes halogenated alkanes) is 1. The van der Waals surface area contributed by atoms with Crippen molar-refractivity contribution < 1.29 is 5.11 Å². The number of aliphatic hydroxyl groups excluding tert-OH is 1. The molecule has 0 radical (unpaired) electrons. The number of aliphatic hydroxyl groups is 1. The Hall–Kier alpha value is -1.04. The summed E-state index contributed by atoms with van der Waals surface area (Å²) in [6.45, 7) is 0. The largest absolute Gasteiger partial charge is 0.502 e. The van der Waals surface area contributed by atoms with Crippen molar-refractivity contribution in [2.24, 2.45) is 7.05 Å². The second-order valence-corrected chi connectivity index (χ2v) is 3.29. The standard InChI is InChI=1S/C7H12N4OS/c1-11-6(8-9-10-11)4-2-3-5-7(12)13/h2-5H2,1H3,(H,12,13). The Balaban J connectivity index is 2.20. The Labute approximate surface area is 81.8 Å². The first-order chi connectivity index (χ1) is 6.20. The molecule has 0 atom stereocenters. The fourth-order valence-corrected chi connectivity index (χ4v) is 1.16. The zero-order chi connectivity index (χ0) is 9.68. The first kappa shape index (κ1) is 10.0. The van der Waals surface area contributed by atoms with Crippen molar-refractivity contribution in [3.05, 3.63) is 5.82 Å². The van der Waals surface area contributed by atoms with Gasteiger partial charge in [0.25, 0.3) is 0 Å². The van der Waals surface area contributed by atoms with Crippen LogP contribution in [-0.2, 0) is 13.5 Å². The van der Waals surface area contributed by atoms with Gasteiger partial charge in [0.2, 0.25) is 0 Å². The fourth-order valence-electron chi connectivity index (χ4n) is 1.02. The molecule has 6 heteroatoms. The van der Waals surface area contributed by atoms with Crippen LogP contribution in [-0.4, -0.2) is 30.4 Å². The Bertz CT molecular complexity index is 286. The van der Waals surface area contributed by atoms with Crippen LogP contribution < -0.4 is 0 Å². The second kappa shape index (κ2) is 4.86. The maximum atomic E-state index is 8.75. The minimum absolute atomic E-state index is 0.0797. The summed E-state index contributed by atoms with van der Waals surface area (Å²) in [5.74, 6) is 0.865. The van der Waals surface area contributed by atoms with Gasteiger partial charge in [0.1, 0.15) is 0 Å². The number of hydrogen-bond acceptors (Lipinski definition) is 4. The van der Waals surface area contributed by atoms with Crippen molar-refractivity contribution in [1.29, 1.82) is 0 Å². The molecule has 0 fully saturated rings. The topological polar surface area (TPSA) is 63.8 Å². The van der Waals surface area contributed by atoms with Crippen LogP contribution in [0.15, 0.2) is 0 Å². The molecular weight excluding hydrogens is 188 g/mol. The highest BCUT2D eigenvalue weighted by Crippen LogP contribution is 2.02. The maximum Gasteiger partial charge on any atom is 0.156 e. The van der Waals surface area contributed by atoms with Crippen molar-refractivity contribution in [3.63, 3.8) is 0 Å². The van der Waals surface area contributed by atoms with Crippen LogP contribution in [0.1, 0.15) is 25.1 Å². The summed E-state index contributed by atoms with van der Waals surface area (Å²) < 4.78 is 1.65. The lowest BCUT2D eigenvalue weighted by Crippen LogP contribution is -2.00. The molecule has 13 heavy (non-hydrogen) atoms. The van der Waals surface area contributed by atoms with Crippen molar-refractivity contribution in [2.75, 3.05) is 0 Å². The molecule has 0 aromatic carbocycles. The normalized spacial score (nSPS) is 10.2. The molecule has 0 amide bonds. The molecule has 0 spiro atoms. The number of aryl methyl sites for hydroxylation is 2. The molecule has 0 saturated carbocycles. The monoisotopic (exact) mass is 200 g/mol. The third-order valence-electron chi connectivity index (χ3n) is 1.75. The van der Waals surface area contributed by atoms with E-state index in [-0.39, 0.29) is 5.05 Å². The third kappa shape index (κ3) is 3.45. The first-order valence-electron chi connectivity index (χ1n) is 4.13. The quantitative estimate of drug-likeness (QED) is 0.563. The van der Waals surface area contributed by atoms with E-state index in [1.165, 1.54) is 0 Å². The van der Waals surface area contributed by atoms with Crippen molar-refractivity contribution in [2.45, 2.75) is 25.7 Å². The minimum atomic E-state index is 0.0797.